The quantitative estimate of drug-likeness (QED) is 0.864. The van der Waals surface area contributed by atoms with Gasteiger partial charge in [0.15, 0.2) is 9.84 Å². The number of hydrogen-bond acceptors (Lipinski definition) is 4. The normalized spacial score (nSPS) is 23.2. The Bertz CT molecular complexity index is 641. The van der Waals surface area contributed by atoms with Gasteiger partial charge >= 0.3 is 0 Å². The summed E-state index contributed by atoms with van der Waals surface area (Å²) < 4.78 is 28.7. The van der Waals surface area contributed by atoms with Crippen LogP contribution in [0.25, 0.3) is 0 Å². The molecule has 0 radical (unpaired) electrons. The largest absolute Gasteiger partial charge is 0.494 e. The predicted octanol–water partition coefficient (Wildman–Crippen LogP) is 1.71. The van der Waals surface area contributed by atoms with Crippen LogP contribution in [0.15, 0.2) is 24.3 Å². The van der Waals surface area contributed by atoms with E-state index in [4.69, 9.17) is 4.74 Å². The van der Waals surface area contributed by atoms with Gasteiger partial charge in [0.2, 0.25) is 5.91 Å². The fourth-order valence-corrected chi connectivity index (χ4v) is 4.86. The van der Waals surface area contributed by atoms with Gasteiger partial charge in [0.1, 0.15) is 5.75 Å². The molecule has 0 saturated carbocycles. The van der Waals surface area contributed by atoms with Crippen molar-refractivity contribution in [1.29, 1.82) is 0 Å². The van der Waals surface area contributed by atoms with Crippen LogP contribution in [0.1, 0.15) is 32.3 Å². The molecular formula is C16H23NO4S. The summed E-state index contributed by atoms with van der Waals surface area (Å²) in [7, 11) is -3.02. The van der Waals surface area contributed by atoms with Crippen LogP contribution in [0.3, 0.4) is 0 Å². The zero-order chi connectivity index (χ0) is 16.2. The molecule has 1 aliphatic rings. The number of carbonyl (C=O) groups excluding carboxylic acids is 1. The van der Waals surface area contributed by atoms with Crippen molar-refractivity contribution in [2.75, 3.05) is 18.1 Å². The molecule has 1 fully saturated rings. The summed E-state index contributed by atoms with van der Waals surface area (Å²) in [5.41, 5.74) is 0.360. The van der Waals surface area contributed by atoms with Crippen LogP contribution in [0.4, 0.5) is 0 Å². The SMILES string of the molecule is CCOc1ccccc1CCC(=O)NC1(C)CCS(=O)(=O)C1. The van der Waals surface area contributed by atoms with Crippen LogP contribution < -0.4 is 10.1 Å². The molecule has 0 spiro atoms. The number of benzene rings is 1. The minimum absolute atomic E-state index is 0.0290. The molecule has 1 N–H and O–H groups in total. The van der Waals surface area contributed by atoms with Crippen molar-refractivity contribution in [2.24, 2.45) is 0 Å². The highest BCUT2D eigenvalue weighted by Crippen LogP contribution is 2.23. The third kappa shape index (κ3) is 4.47. The molecule has 122 valence electrons. The van der Waals surface area contributed by atoms with E-state index in [0.29, 0.717) is 25.9 Å². The Kier molecular flexibility index (Phi) is 5.11. The lowest BCUT2D eigenvalue weighted by Crippen LogP contribution is -2.47. The summed E-state index contributed by atoms with van der Waals surface area (Å²) in [5, 5.41) is 2.87. The molecule has 1 amide bonds. The molecule has 6 heteroatoms. The third-order valence-electron chi connectivity index (χ3n) is 3.84. The van der Waals surface area contributed by atoms with E-state index < -0.39 is 15.4 Å². The molecular weight excluding hydrogens is 302 g/mol. The third-order valence-corrected chi connectivity index (χ3v) is 5.74. The number of para-hydroxylation sites is 1. The van der Waals surface area contributed by atoms with Crippen molar-refractivity contribution in [3.8, 4) is 5.75 Å². The van der Waals surface area contributed by atoms with Crippen LogP contribution in [0, 0.1) is 0 Å². The maximum Gasteiger partial charge on any atom is 0.220 e. The van der Waals surface area contributed by atoms with Gasteiger partial charge in [-0.2, -0.15) is 0 Å². The van der Waals surface area contributed by atoms with Crippen LogP contribution >= 0.6 is 0 Å². The molecule has 1 heterocycles. The molecule has 1 aromatic rings. The van der Waals surface area contributed by atoms with Gasteiger partial charge in [-0.1, -0.05) is 18.2 Å². The number of nitrogens with one attached hydrogen (secondary N) is 1. The second-order valence-electron chi connectivity index (χ2n) is 5.99. The molecule has 0 aromatic heterocycles. The van der Waals surface area contributed by atoms with Crippen LogP contribution in [0.2, 0.25) is 0 Å². The number of hydrogen-bond donors (Lipinski definition) is 1. The summed E-state index contributed by atoms with van der Waals surface area (Å²) in [4.78, 5) is 12.1. The summed E-state index contributed by atoms with van der Waals surface area (Å²) in [5.74, 6) is 0.858. The van der Waals surface area contributed by atoms with E-state index in [1.165, 1.54) is 0 Å². The number of rotatable bonds is 6. The van der Waals surface area contributed by atoms with Crippen LogP contribution in [-0.2, 0) is 21.1 Å². The maximum absolute atomic E-state index is 12.1. The smallest absolute Gasteiger partial charge is 0.220 e. The van der Waals surface area contributed by atoms with E-state index in [1.807, 2.05) is 31.2 Å². The van der Waals surface area contributed by atoms with E-state index in [2.05, 4.69) is 5.32 Å². The van der Waals surface area contributed by atoms with E-state index in [-0.39, 0.29) is 17.4 Å². The summed E-state index contributed by atoms with van der Waals surface area (Å²) in [6.45, 7) is 4.30. The summed E-state index contributed by atoms with van der Waals surface area (Å²) in [6, 6.07) is 7.65. The van der Waals surface area contributed by atoms with Crippen molar-refractivity contribution in [3.05, 3.63) is 29.8 Å². The molecule has 1 aromatic carbocycles. The molecule has 1 unspecified atom stereocenters. The molecule has 5 nitrogen and oxygen atoms in total. The minimum atomic E-state index is -3.02. The summed E-state index contributed by atoms with van der Waals surface area (Å²) in [6.07, 6.45) is 1.38. The average molecular weight is 325 g/mol. The topological polar surface area (TPSA) is 72.5 Å². The van der Waals surface area contributed by atoms with E-state index in [1.54, 1.807) is 6.92 Å². The zero-order valence-corrected chi connectivity index (χ0v) is 13.9. The van der Waals surface area contributed by atoms with Crippen molar-refractivity contribution in [3.63, 3.8) is 0 Å². The first-order valence-electron chi connectivity index (χ1n) is 7.56. The van der Waals surface area contributed by atoms with Crippen molar-refractivity contribution < 1.29 is 17.9 Å². The molecule has 0 aliphatic carbocycles. The molecule has 0 bridgehead atoms. The molecule has 1 aliphatic heterocycles. The minimum Gasteiger partial charge on any atom is -0.494 e. The van der Waals surface area contributed by atoms with Gasteiger partial charge in [0.05, 0.1) is 23.7 Å². The van der Waals surface area contributed by atoms with Gasteiger partial charge in [-0.05, 0) is 38.3 Å². The Hall–Kier alpha value is -1.56. The van der Waals surface area contributed by atoms with Gasteiger partial charge in [0.25, 0.3) is 0 Å². The van der Waals surface area contributed by atoms with Gasteiger partial charge in [0, 0.05) is 6.42 Å². The molecule has 1 saturated heterocycles. The zero-order valence-electron chi connectivity index (χ0n) is 13.1. The number of sulfone groups is 1. The van der Waals surface area contributed by atoms with Gasteiger partial charge in [-0.3, -0.25) is 4.79 Å². The van der Waals surface area contributed by atoms with Crippen LogP contribution in [0.5, 0.6) is 5.75 Å². The van der Waals surface area contributed by atoms with Gasteiger partial charge < -0.3 is 10.1 Å². The van der Waals surface area contributed by atoms with E-state index in [9.17, 15) is 13.2 Å². The Morgan fingerprint density at radius 3 is 2.73 bits per heavy atom. The Labute approximate surface area is 132 Å². The fourth-order valence-electron chi connectivity index (χ4n) is 2.76. The molecule has 1 atom stereocenters. The highest BCUT2D eigenvalue weighted by atomic mass is 32.2. The van der Waals surface area contributed by atoms with E-state index in [0.717, 1.165) is 11.3 Å². The van der Waals surface area contributed by atoms with Gasteiger partial charge in [-0.15, -0.1) is 0 Å². The van der Waals surface area contributed by atoms with Crippen molar-refractivity contribution in [1.82, 2.24) is 5.32 Å². The Morgan fingerprint density at radius 1 is 1.36 bits per heavy atom. The maximum atomic E-state index is 12.1. The standard InChI is InChI=1S/C16H23NO4S/c1-3-21-14-7-5-4-6-13(14)8-9-15(18)17-16(2)10-11-22(19,20)12-16/h4-7H,3,8-12H2,1-2H3,(H,17,18). The average Bonchev–Trinajstić information content (AvgIpc) is 2.72. The Morgan fingerprint density at radius 2 is 2.09 bits per heavy atom. The fraction of sp³-hybridized carbons (Fsp3) is 0.562. The first-order valence-corrected chi connectivity index (χ1v) is 9.38. The first kappa shape index (κ1) is 16.8. The second kappa shape index (κ2) is 6.69. The monoisotopic (exact) mass is 325 g/mol. The number of amides is 1. The highest BCUT2D eigenvalue weighted by molar-refractivity contribution is 7.91. The molecule has 2 rings (SSSR count). The lowest BCUT2D eigenvalue weighted by atomic mass is 10.0. The predicted molar refractivity (Wildman–Crippen MR) is 85.8 cm³/mol. The van der Waals surface area contributed by atoms with Crippen LogP contribution in [-0.4, -0.2) is 38.0 Å². The number of ether oxygens (including phenoxy) is 1. The lowest BCUT2D eigenvalue weighted by molar-refractivity contribution is -0.122. The number of carbonyl (C=O) groups is 1. The lowest BCUT2D eigenvalue weighted by Gasteiger charge is -2.24. The van der Waals surface area contributed by atoms with E-state index >= 15 is 0 Å². The number of aryl methyl sites for hydroxylation is 1. The highest BCUT2D eigenvalue weighted by Gasteiger charge is 2.39. The van der Waals surface area contributed by atoms with Crippen molar-refractivity contribution >= 4 is 15.7 Å². The Balaban J connectivity index is 1.91. The van der Waals surface area contributed by atoms with Gasteiger partial charge in [-0.25, -0.2) is 8.42 Å². The summed E-state index contributed by atoms with van der Waals surface area (Å²) >= 11 is 0. The van der Waals surface area contributed by atoms with Crippen molar-refractivity contribution in [2.45, 2.75) is 38.6 Å². The molecule has 22 heavy (non-hydrogen) atoms. The second-order valence-corrected chi connectivity index (χ2v) is 8.18. The first-order chi connectivity index (χ1) is 10.3.